The van der Waals surface area contributed by atoms with Gasteiger partial charge in [0.15, 0.2) is 0 Å². The Bertz CT molecular complexity index is 411. The van der Waals surface area contributed by atoms with E-state index in [-0.39, 0.29) is 0 Å². The zero-order valence-electron chi connectivity index (χ0n) is 8.18. The van der Waals surface area contributed by atoms with Crippen molar-refractivity contribution in [1.29, 1.82) is 0 Å². The molecule has 0 fully saturated rings. The SMILES string of the molecule is COc1ncc(C(F)F)c(CO)c1[N+](=O)[O-]. The van der Waals surface area contributed by atoms with E-state index in [9.17, 15) is 18.9 Å². The second kappa shape index (κ2) is 4.79. The van der Waals surface area contributed by atoms with Gasteiger partial charge in [0.1, 0.15) is 0 Å². The summed E-state index contributed by atoms with van der Waals surface area (Å²) in [6, 6.07) is 0. The molecule has 88 valence electrons. The van der Waals surface area contributed by atoms with Crippen molar-refractivity contribution in [2.24, 2.45) is 0 Å². The van der Waals surface area contributed by atoms with Gasteiger partial charge in [-0.3, -0.25) is 10.1 Å². The summed E-state index contributed by atoms with van der Waals surface area (Å²) in [4.78, 5) is 13.1. The highest BCUT2D eigenvalue weighted by Gasteiger charge is 2.28. The molecule has 0 aliphatic heterocycles. The van der Waals surface area contributed by atoms with Crippen molar-refractivity contribution in [3.8, 4) is 5.88 Å². The molecule has 1 aromatic heterocycles. The fraction of sp³-hybridized carbons (Fsp3) is 0.375. The first kappa shape index (κ1) is 12.2. The molecule has 0 atom stereocenters. The van der Waals surface area contributed by atoms with Gasteiger partial charge in [0.25, 0.3) is 12.3 Å². The van der Waals surface area contributed by atoms with Crippen LogP contribution in [0.5, 0.6) is 5.88 Å². The molecule has 0 unspecified atom stereocenters. The lowest BCUT2D eigenvalue weighted by atomic mass is 10.1. The van der Waals surface area contributed by atoms with Gasteiger partial charge >= 0.3 is 5.69 Å². The van der Waals surface area contributed by atoms with Gasteiger partial charge in [-0.2, -0.15) is 0 Å². The predicted octanol–water partition coefficient (Wildman–Crippen LogP) is 1.43. The second-order valence-corrected chi connectivity index (χ2v) is 2.77. The van der Waals surface area contributed by atoms with Crippen LogP contribution in [-0.4, -0.2) is 22.1 Å². The molecule has 0 bridgehead atoms. The van der Waals surface area contributed by atoms with E-state index in [1.165, 1.54) is 0 Å². The highest BCUT2D eigenvalue weighted by molar-refractivity contribution is 5.52. The maximum Gasteiger partial charge on any atom is 0.336 e. The topological polar surface area (TPSA) is 85.5 Å². The number of hydrogen-bond donors (Lipinski definition) is 1. The van der Waals surface area contributed by atoms with Crippen molar-refractivity contribution in [2.45, 2.75) is 13.0 Å². The van der Waals surface area contributed by atoms with Crippen LogP contribution in [0.25, 0.3) is 0 Å². The third-order valence-electron chi connectivity index (χ3n) is 1.93. The number of aliphatic hydroxyl groups excluding tert-OH is 1. The summed E-state index contributed by atoms with van der Waals surface area (Å²) in [6.07, 6.45) is -2.19. The molecule has 1 N–H and O–H groups in total. The lowest BCUT2D eigenvalue weighted by Gasteiger charge is -2.08. The van der Waals surface area contributed by atoms with Crippen LogP contribution in [0.1, 0.15) is 17.6 Å². The van der Waals surface area contributed by atoms with Crippen LogP contribution in [0.2, 0.25) is 0 Å². The number of rotatable bonds is 4. The number of alkyl halides is 2. The fourth-order valence-corrected chi connectivity index (χ4v) is 1.22. The van der Waals surface area contributed by atoms with Gasteiger partial charge < -0.3 is 9.84 Å². The molecule has 1 aromatic rings. The number of pyridine rings is 1. The highest BCUT2D eigenvalue weighted by atomic mass is 19.3. The normalized spacial score (nSPS) is 10.6. The van der Waals surface area contributed by atoms with Crippen LogP contribution in [0.3, 0.4) is 0 Å². The molecule has 0 saturated heterocycles. The summed E-state index contributed by atoms with van der Waals surface area (Å²) in [6.45, 7) is -0.880. The van der Waals surface area contributed by atoms with E-state index in [1.54, 1.807) is 0 Å². The summed E-state index contributed by atoms with van der Waals surface area (Å²) >= 11 is 0. The number of nitro groups is 1. The second-order valence-electron chi connectivity index (χ2n) is 2.77. The Kier molecular flexibility index (Phi) is 3.67. The number of aliphatic hydroxyl groups is 1. The molecule has 16 heavy (non-hydrogen) atoms. The Morgan fingerprint density at radius 2 is 2.31 bits per heavy atom. The summed E-state index contributed by atoms with van der Waals surface area (Å²) < 4.78 is 29.5. The van der Waals surface area contributed by atoms with Crippen molar-refractivity contribution >= 4 is 5.69 Å². The van der Waals surface area contributed by atoms with Crippen LogP contribution in [0.15, 0.2) is 6.20 Å². The molecular weight excluding hydrogens is 226 g/mol. The number of halogens is 2. The lowest BCUT2D eigenvalue weighted by Crippen LogP contribution is -2.05. The average molecular weight is 234 g/mol. The maximum absolute atomic E-state index is 12.5. The van der Waals surface area contributed by atoms with Crippen molar-refractivity contribution in [3.63, 3.8) is 0 Å². The van der Waals surface area contributed by atoms with Gasteiger partial charge in [0.2, 0.25) is 0 Å². The van der Waals surface area contributed by atoms with E-state index in [1.807, 2.05) is 0 Å². The van der Waals surface area contributed by atoms with Crippen LogP contribution >= 0.6 is 0 Å². The average Bonchev–Trinajstić information content (AvgIpc) is 2.26. The van der Waals surface area contributed by atoms with E-state index in [2.05, 4.69) is 9.72 Å². The lowest BCUT2D eigenvalue weighted by molar-refractivity contribution is -0.387. The molecule has 1 heterocycles. The minimum atomic E-state index is -2.95. The molecule has 0 aliphatic carbocycles. The number of ether oxygens (including phenoxy) is 1. The first-order chi connectivity index (χ1) is 7.52. The molecular formula is C8H8F2N2O4. The Morgan fingerprint density at radius 3 is 2.69 bits per heavy atom. The molecule has 8 heteroatoms. The Hall–Kier alpha value is -1.83. The van der Waals surface area contributed by atoms with Crippen LogP contribution < -0.4 is 4.74 Å². The molecule has 0 aromatic carbocycles. The largest absolute Gasteiger partial charge is 0.476 e. The van der Waals surface area contributed by atoms with Gasteiger partial charge in [-0.15, -0.1) is 0 Å². The highest BCUT2D eigenvalue weighted by Crippen LogP contribution is 2.34. The quantitative estimate of drug-likeness (QED) is 0.629. The number of methoxy groups -OCH3 is 1. The van der Waals surface area contributed by atoms with E-state index in [4.69, 9.17) is 5.11 Å². The smallest absolute Gasteiger partial charge is 0.336 e. The summed E-state index contributed by atoms with van der Waals surface area (Å²) in [5, 5.41) is 19.6. The predicted molar refractivity (Wildman–Crippen MR) is 48.3 cm³/mol. The summed E-state index contributed by atoms with van der Waals surface area (Å²) in [7, 11) is 1.12. The van der Waals surface area contributed by atoms with E-state index >= 15 is 0 Å². The zero-order valence-corrected chi connectivity index (χ0v) is 8.18. The molecule has 0 amide bonds. The summed E-state index contributed by atoms with van der Waals surface area (Å²) in [5.41, 5.74) is -1.88. The summed E-state index contributed by atoms with van der Waals surface area (Å²) in [5.74, 6) is -0.404. The molecule has 1 rings (SSSR count). The Labute approximate surface area is 88.6 Å². The van der Waals surface area contributed by atoms with Crippen LogP contribution in [-0.2, 0) is 6.61 Å². The van der Waals surface area contributed by atoms with Gasteiger partial charge in [-0.1, -0.05) is 0 Å². The molecule has 0 saturated carbocycles. The van der Waals surface area contributed by atoms with Crippen LogP contribution in [0, 0.1) is 10.1 Å². The standard InChI is InChI=1S/C8H8F2N2O4/c1-16-8-6(12(14)15)5(3-13)4(2-11-8)7(9)10/h2,7,13H,3H2,1H3. The number of hydrogen-bond acceptors (Lipinski definition) is 5. The first-order valence-electron chi connectivity index (χ1n) is 4.12. The number of aromatic nitrogens is 1. The Balaban J connectivity index is 3.49. The van der Waals surface area contributed by atoms with E-state index in [0.29, 0.717) is 0 Å². The van der Waals surface area contributed by atoms with Crippen LogP contribution in [0.4, 0.5) is 14.5 Å². The van der Waals surface area contributed by atoms with E-state index in [0.717, 1.165) is 13.3 Å². The van der Waals surface area contributed by atoms with Gasteiger partial charge in [0.05, 0.1) is 24.2 Å². The monoisotopic (exact) mass is 234 g/mol. The minimum absolute atomic E-state index is 0.404. The molecule has 0 spiro atoms. The third kappa shape index (κ3) is 2.06. The minimum Gasteiger partial charge on any atom is -0.476 e. The van der Waals surface area contributed by atoms with Gasteiger partial charge in [-0.25, -0.2) is 13.8 Å². The van der Waals surface area contributed by atoms with Crippen molar-refractivity contribution in [1.82, 2.24) is 4.98 Å². The van der Waals surface area contributed by atoms with Gasteiger partial charge in [0, 0.05) is 11.8 Å². The van der Waals surface area contributed by atoms with Crippen molar-refractivity contribution in [3.05, 3.63) is 27.4 Å². The van der Waals surface area contributed by atoms with Crippen molar-refractivity contribution < 1.29 is 23.5 Å². The Morgan fingerprint density at radius 1 is 1.69 bits per heavy atom. The van der Waals surface area contributed by atoms with Gasteiger partial charge in [-0.05, 0) is 0 Å². The molecule has 0 aliphatic rings. The first-order valence-corrected chi connectivity index (χ1v) is 4.12. The molecule has 6 nitrogen and oxygen atoms in total. The van der Waals surface area contributed by atoms with Crippen molar-refractivity contribution in [2.75, 3.05) is 7.11 Å². The maximum atomic E-state index is 12.5. The molecule has 0 radical (unpaired) electrons. The number of nitrogens with zero attached hydrogens (tertiary/aromatic N) is 2. The fourth-order valence-electron chi connectivity index (χ4n) is 1.22. The zero-order chi connectivity index (χ0) is 12.3. The third-order valence-corrected chi connectivity index (χ3v) is 1.93. The van der Waals surface area contributed by atoms with E-state index < -0.39 is 40.6 Å².